The Morgan fingerprint density at radius 1 is 1.09 bits per heavy atom. The highest BCUT2D eigenvalue weighted by Crippen LogP contribution is 2.49. The van der Waals surface area contributed by atoms with E-state index in [1.807, 2.05) is 30.3 Å². The van der Waals surface area contributed by atoms with Gasteiger partial charge in [-0.3, -0.25) is 4.79 Å². The zero-order chi connectivity index (χ0) is 15.1. The van der Waals surface area contributed by atoms with Gasteiger partial charge >= 0.3 is 0 Å². The zero-order valence-electron chi connectivity index (χ0n) is 13.1. The molecule has 2 heteroatoms. The minimum atomic E-state index is 0.0760. The summed E-state index contributed by atoms with van der Waals surface area (Å²) < 4.78 is 0. The molecule has 1 amide bonds. The van der Waals surface area contributed by atoms with Gasteiger partial charge in [0.15, 0.2) is 0 Å². The molecule has 0 radical (unpaired) electrons. The fourth-order valence-electron chi connectivity index (χ4n) is 4.72. The minimum absolute atomic E-state index is 0.0760. The molecule has 2 aromatic rings. The predicted molar refractivity (Wildman–Crippen MR) is 89.8 cm³/mol. The molecule has 2 nitrogen and oxygen atoms in total. The molecule has 0 unspecified atom stereocenters. The molecular formula is C20H23NO. The number of rotatable bonds is 3. The smallest absolute Gasteiger partial charge is 0.252 e. The Bertz CT molecular complexity index is 702. The fourth-order valence-corrected chi connectivity index (χ4v) is 4.72. The maximum absolute atomic E-state index is 12.7. The van der Waals surface area contributed by atoms with Gasteiger partial charge in [-0.1, -0.05) is 42.8 Å². The van der Waals surface area contributed by atoms with Gasteiger partial charge in [0.2, 0.25) is 0 Å². The summed E-state index contributed by atoms with van der Waals surface area (Å²) in [6, 6.07) is 14.4. The van der Waals surface area contributed by atoms with Crippen LogP contribution in [0.4, 0.5) is 0 Å². The summed E-state index contributed by atoms with van der Waals surface area (Å²) in [6.07, 6.45) is 5.47. The molecule has 2 aliphatic carbocycles. The van der Waals surface area contributed by atoms with Crippen LogP contribution in [-0.4, -0.2) is 11.9 Å². The SMILES string of the molecule is C[C@@H](NC(=O)c1cccc2ccccc12)[C@H]1C[C@H]2CC[C@H]1C2. The van der Waals surface area contributed by atoms with Crippen molar-refractivity contribution in [2.45, 2.75) is 38.6 Å². The van der Waals surface area contributed by atoms with Crippen LogP contribution in [0, 0.1) is 17.8 Å². The molecule has 2 saturated carbocycles. The summed E-state index contributed by atoms with van der Waals surface area (Å²) in [4.78, 5) is 12.7. The van der Waals surface area contributed by atoms with Crippen LogP contribution < -0.4 is 5.32 Å². The highest BCUT2D eigenvalue weighted by molar-refractivity contribution is 6.07. The van der Waals surface area contributed by atoms with E-state index in [0.29, 0.717) is 5.92 Å². The molecule has 0 heterocycles. The Hall–Kier alpha value is -1.83. The molecular weight excluding hydrogens is 270 g/mol. The third-order valence-electron chi connectivity index (χ3n) is 5.83. The van der Waals surface area contributed by atoms with Gasteiger partial charge in [-0.2, -0.15) is 0 Å². The first-order chi connectivity index (χ1) is 10.7. The van der Waals surface area contributed by atoms with E-state index in [0.717, 1.165) is 28.2 Å². The summed E-state index contributed by atoms with van der Waals surface area (Å²) in [5.41, 5.74) is 0.799. The topological polar surface area (TPSA) is 29.1 Å². The molecule has 4 atom stereocenters. The number of nitrogens with one attached hydrogen (secondary N) is 1. The van der Waals surface area contributed by atoms with Gasteiger partial charge in [-0.05, 0) is 60.8 Å². The maximum Gasteiger partial charge on any atom is 0.252 e. The first-order valence-corrected chi connectivity index (χ1v) is 8.51. The van der Waals surface area contributed by atoms with E-state index in [2.05, 4.69) is 24.4 Å². The zero-order valence-corrected chi connectivity index (χ0v) is 13.1. The predicted octanol–water partition coefficient (Wildman–Crippen LogP) is 4.39. The van der Waals surface area contributed by atoms with Crippen LogP contribution in [0.2, 0.25) is 0 Å². The lowest BCUT2D eigenvalue weighted by Gasteiger charge is -2.28. The molecule has 4 rings (SSSR count). The van der Waals surface area contributed by atoms with Gasteiger partial charge in [0.25, 0.3) is 5.91 Å². The number of hydrogen-bond acceptors (Lipinski definition) is 1. The molecule has 0 aliphatic heterocycles. The molecule has 114 valence electrons. The third-order valence-corrected chi connectivity index (χ3v) is 5.83. The van der Waals surface area contributed by atoms with Gasteiger partial charge in [0.1, 0.15) is 0 Å². The van der Waals surface area contributed by atoms with E-state index in [-0.39, 0.29) is 11.9 Å². The number of hydrogen-bond donors (Lipinski definition) is 1. The van der Waals surface area contributed by atoms with Crippen LogP contribution in [0.5, 0.6) is 0 Å². The van der Waals surface area contributed by atoms with Crippen molar-refractivity contribution in [2.75, 3.05) is 0 Å². The van der Waals surface area contributed by atoms with Crippen molar-refractivity contribution in [2.24, 2.45) is 17.8 Å². The van der Waals surface area contributed by atoms with E-state index in [4.69, 9.17) is 0 Å². The number of carbonyl (C=O) groups excluding carboxylic acids is 1. The molecule has 1 N–H and O–H groups in total. The first kappa shape index (κ1) is 13.8. The molecule has 0 saturated heterocycles. The van der Waals surface area contributed by atoms with Gasteiger partial charge < -0.3 is 5.32 Å². The monoisotopic (exact) mass is 293 g/mol. The van der Waals surface area contributed by atoms with E-state index in [1.165, 1.54) is 25.7 Å². The van der Waals surface area contributed by atoms with Crippen molar-refractivity contribution < 1.29 is 4.79 Å². The van der Waals surface area contributed by atoms with Crippen molar-refractivity contribution in [3.05, 3.63) is 48.0 Å². The van der Waals surface area contributed by atoms with Crippen LogP contribution >= 0.6 is 0 Å². The maximum atomic E-state index is 12.7. The van der Waals surface area contributed by atoms with Crippen LogP contribution in [0.15, 0.2) is 42.5 Å². The highest BCUT2D eigenvalue weighted by Gasteiger charge is 2.42. The summed E-state index contributed by atoms with van der Waals surface area (Å²) in [7, 11) is 0. The van der Waals surface area contributed by atoms with Crippen molar-refractivity contribution in [3.63, 3.8) is 0 Å². The fraction of sp³-hybridized carbons (Fsp3) is 0.450. The van der Waals surface area contributed by atoms with E-state index >= 15 is 0 Å². The lowest BCUT2D eigenvalue weighted by molar-refractivity contribution is 0.0917. The van der Waals surface area contributed by atoms with Crippen LogP contribution in [0.25, 0.3) is 10.8 Å². The normalized spacial score (nSPS) is 28.0. The molecule has 2 bridgehead atoms. The van der Waals surface area contributed by atoms with Gasteiger partial charge in [0, 0.05) is 11.6 Å². The van der Waals surface area contributed by atoms with Crippen molar-refractivity contribution in [3.8, 4) is 0 Å². The molecule has 0 aromatic heterocycles. The Balaban J connectivity index is 1.54. The van der Waals surface area contributed by atoms with Crippen molar-refractivity contribution >= 4 is 16.7 Å². The Labute approximate surface area is 131 Å². The molecule has 22 heavy (non-hydrogen) atoms. The largest absolute Gasteiger partial charge is 0.349 e. The van der Waals surface area contributed by atoms with Gasteiger partial charge in [-0.15, -0.1) is 0 Å². The van der Waals surface area contributed by atoms with Crippen LogP contribution in [0.3, 0.4) is 0 Å². The van der Waals surface area contributed by atoms with Crippen LogP contribution in [0.1, 0.15) is 43.0 Å². The average molecular weight is 293 g/mol. The van der Waals surface area contributed by atoms with E-state index in [9.17, 15) is 4.79 Å². The van der Waals surface area contributed by atoms with Crippen molar-refractivity contribution in [1.82, 2.24) is 5.32 Å². The number of fused-ring (bicyclic) bond motifs is 3. The summed E-state index contributed by atoms with van der Waals surface area (Å²) in [5.74, 6) is 2.52. The average Bonchev–Trinajstić information content (AvgIpc) is 3.17. The Kier molecular flexibility index (Phi) is 3.40. The van der Waals surface area contributed by atoms with Gasteiger partial charge in [0.05, 0.1) is 0 Å². The van der Waals surface area contributed by atoms with Gasteiger partial charge in [-0.25, -0.2) is 0 Å². The third kappa shape index (κ3) is 2.31. The molecule has 2 fully saturated rings. The van der Waals surface area contributed by atoms with Crippen LogP contribution in [-0.2, 0) is 0 Å². The molecule has 2 aliphatic rings. The van der Waals surface area contributed by atoms with E-state index in [1.54, 1.807) is 0 Å². The number of carbonyl (C=O) groups is 1. The number of benzene rings is 2. The standard InChI is InChI=1S/C20H23NO/c1-13(19-12-14-9-10-16(19)11-14)21-20(22)18-8-4-6-15-5-2-3-7-17(15)18/h2-8,13-14,16,19H,9-12H2,1H3,(H,21,22)/t13-,14+,16+,19-/m1/s1. The molecule has 2 aromatic carbocycles. The summed E-state index contributed by atoms with van der Waals surface area (Å²) in [6.45, 7) is 2.19. The Morgan fingerprint density at radius 2 is 1.91 bits per heavy atom. The highest BCUT2D eigenvalue weighted by atomic mass is 16.1. The second-order valence-corrected chi connectivity index (χ2v) is 7.13. The lowest BCUT2D eigenvalue weighted by atomic mass is 9.84. The number of amides is 1. The quantitative estimate of drug-likeness (QED) is 0.893. The van der Waals surface area contributed by atoms with Crippen molar-refractivity contribution in [1.29, 1.82) is 0 Å². The second kappa shape index (κ2) is 5.42. The minimum Gasteiger partial charge on any atom is -0.349 e. The summed E-state index contributed by atoms with van der Waals surface area (Å²) >= 11 is 0. The summed E-state index contributed by atoms with van der Waals surface area (Å²) in [5, 5.41) is 5.45. The Morgan fingerprint density at radius 3 is 2.68 bits per heavy atom. The second-order valence-electron chi connectivity index (χ2n) is 7.13. The lowest BCUT2D eigenvalue weighted by Crippen LogP contribution is -2.40. The molecule has 0 spiro atoms. The van der Waals surface area contributed by atoms with E-state index < -0.39 is 0 Å². The first-order valence-electron chi connectivity index (χ1n) is 8.51.